The molecule has 3 rings (SSSR count). The van der Waals surface area contributed by atoms with Crippen LogP contribution in [0.25, 0.3) is 10.2 Å². The molecule has 0 bridgehead atoms. The first-order valence-corrected chi connectivity index (χ1v) is 7.92. The van der Waals surface area contributed by atoms with Gasteiger partial charge in [0.2, 0.25) is 0 Å². The first kappa shape index (κ1) is 14.2. The van der Waals surface area contributed by atoms with Gasteiger partial charge in [-0.1, -0.05) is 11.3 Å². The summed E-state index contributed by atoms with van der Waals surface area (Å²) >= 11 is 1.59. The zero-order valence-corrected chi connectivity index (χ0v) is 12.7. The van der Waals surface area contributed by atoms with Gasteiger partial charge in [-0.2, -0.15) is 0 Å². The molecule has 1 aliphatic rings. The average molecular weight is 306 g/mol. The van der Waals surface area contributed by atoms with Crippen LogP contribution in [-0.2, 0) is 0 Å². The van der Waals surface area contributed by atoms with Crippen molar-refractivity contribution in [3.63, 3.8) is 0 Å². The summed E-state index contributed by atoms with van der Waals surface area (Å²) in [5.74, 6) is 0.644. The van der Waals surface area contributed by atoms with Gasteiger partial charge in [0.1, 0.15) is 0 Å². The lowest BCUT2D eigenvalue weighted by Crippen LogP contribution is -2.36. The molecule has 1 aromatic carbocycles. The Hall–Kier alpha value is -1.73. The zero-order valence-electron chi connectivity index (χ0n) is 11.9. The van der Waals surface area contributed by atoms with E-state index in [1.165, 1.54) is 18.9 Å². The van der Waals surface area contributed by atoms with Gasteiger partial charge in [-0.05, 0) is 37.9 Å². The van der Waals surface area contributed by atoms with Crippen molar-refractivity contribution in [1.82, 2.24) is 10.3 Å². The van der Waals surface area contributed by atoms with Crippen LogP contribution >= 0.6 is 11.3 Å². The highest BCUT2D eigenvalue weighted by Crippen LogP contribution is 2.31. The van der Waals surface area contributed by atoms with E-state index in [0.717, 1.165) is 29.5 Å². The number of nitro benzene ring substituents is 1. The third kappa shape index (κ3) is 3.14. The minimum atomic E-state index is -0.379. The minimum Gasteiger partial charge on any atom is -0.351 e. The Balaban J connectivity index is 1.78. The van der Waals surface area contributed by atoms with E-state index in [-0.39, 0.29) is 10.6 Å². The SMILES string of the molecule is CN(C[C@@H]1CCCNC1)c1nc2cc([N+](=O)[O-])ccc2s1. The number of fused-ring (bicyclic) bond motifs is 1. The molecule has 1 aliphatic heterocycles. The van der Waals surface area contributed by atoms with Crippen molar-refractivity contribution in [1.29, 1.82) is 0 Å². The zero-order chi connectivity index (χ0) is 14.8. The topological polar surface area (TPSA) is 71.3 Å². The lowest BCUT2D eigenvalue weighted by molar-refractivity contribution is -0.384. The van der Waals surface area contributed by atoms with E-state index >= 15 is 0 Å². The van der Waals surface area contributed by atoms with Crippen LogP contribution in [0.2, 0.25) is 0 Å². The van der Waals surface area contributed by atoms with E-state index in [1.54, 1.807) is 23.5 Å². The van der Waals surface area contributed by atoms with Crippen molar-refractivity contribution < 1.29 is 4.92 Å². The highest BCUT2D eigenvalue weighted by molar-refractivity contribution is 7.22. The summed E-state index contributed by atoms with van der Waals surface area (Å²) in [6, 6.07) is 4.87. The molecule has 1 saturated heterocycles. The Labute approximate surface area is 126 Å². The predicted molar refractivity (Wildman–Crippen MR) is 85.1 cm³/mol. The smallest absolute Gasteiger partial charge is 0.271 e. The van der Waals surface area contributed by atoms with E-state index in [4.69, 9.17) is 0 Å². The molecule has 1 N–H and O–H groups in total. The summed E-state index contributed by atoms with van der Waals surface area (Å²) < 4.78 is 0.990. The van der Waals surface area contributed by atoms with Crippen LogP contribution in [0.3, 0.4) is 0 Å². The first-order chi connectivity index (χ1) is 10.1. The Bertz CT molecular complexity index is 651. The minimum absolute atomic E-state index is 0.0958. The Morgan fingerprint density at radius 2 is 2.43 bits per heavy atom. The maximum Gasteiger partial charge on any atom is 0.271 e. The number of aromatic nitrogens is 1. The summed E-state index contributed by atoms with van der Waals surface area (Å²) in [6.07, 6.45) is 2.47. The molecule has 0 saturated carbocycles. The summed E-state index contributed by atoms with van der Waals surface area (Å²) in [7, 11) is 2.04. The number of hydrogen-bond acceptors (Lipinski definition) is 6. The van der Waals surface area contributed by atoms with Crippen LogP contribution in [0, 0.1) is 16.0 Å². The lowest BCUT2D eigenvalue weighted by Gasteiger charge is -2.27. The third-order valence-electron chi connectivity index (χ3n) is 3.83. The number of nitrogens with one attached hydrogen (secondary N) is 1. The van der Waals surface area contributed by atoms with Gasteiger partial charge < -0.3 is 10.2 Å². The molecular formula is C14H18N4O2S. The van der Waals surface area contributed by atoms with Gasteiger partial charge in [0, 0.05) is 25.7 Å². The molecule has 112 valence electrons. The number of anilines is 1. The largest absolute Gasteiger partial charge is 0.351 e. The van der Waals surface area contributed by atoms with Crippen molar-refractivity contribution in [2.75, 3.05) is 31.6 Å². The number of nitro groups is 1. The predicted octanol–water partition coefficient (Wildman–Crippen LogP) is 2.64. The molecule has 7 heteroatoms. The van der Waals surface area contributed by atoms with E-state index in [9.17, 15) is 10.1 Å². The quantitative estimate of drug-likeness (QED) is 0.694. The molecule has 2 aromatic rings. The second kappa shape index (κ2) is 5.95. The maximum atomic E-state index is 10.8. The van der Waals surface area contributed by atoms with Crippen LogP contribution in [0.4, 0.5) is 10.8 Å². The molecule has 0 radical (unpaired) electrons. The number of non-ortho nitro benzene ring substituents is 1. The van der Waals surface area contributed by atoms with Gasteiger partial charge >= 0.3 is 0 Å². The van der Waals surface area contributed by atoms with Crippen LogP contribution in [0.15, 0.2) is 18.2 Å². The maximum absolute atomic E-state index is 10.8. The van der Waals surface area contributed by atoms with Gasteiger partial charge in [-0.15, -0.1) is 0 Å². The van der Waals surface area contributed by atoms with Gasteiger partial charge in [0.25, 0.3) is 5.69 Å². The molecule has 21 heavy (non-hydrogen) atoms. The summed E-state index contributed by atoms with van der Waals surface area (Å²) in [4.78, 5) is 17.1. The Morgan fingerprint density at radius 1 is 1.57 bits per heavy atom. The number of piperidine rings is 1. The van der Waals surface area contributed by atoms with Crippen LogP contribution in [0.5, 0.6) is 0 Å². The van der Waals surface area contributed by atoms with Crippen LogP contribution < -0.4 is 10.2 Å². The van der Waals surface area contributed by atoms with Crippen molar-refractivity contribution >= 4 is 32.4 Å². The van der Waals surface area contributed by atoms with E-state index in [1.807, 2.05) is 7.05 Å². The monoisotopic (exact) mass is 306 g/mol. The summed E-state index contributed by atoms with van der Waals surface area (Å²) in [6.45, 7) is 3.14. The third-order valence-corrected chi connectivity index (χ3v) is 4.98. The molecule has 6 nitrogen and oxygen atoms in total. The molecule has 0 aliphatic carbocycles. The van der Waals surface area contributed by atoms with E-state index in [2.05, 4.69) is 15.2 Å². The lowest BCUT2D eigenvalue weighted by atomic mass is 9.99. The molecular weight excluding hydrogens is 288 g/mol. The highest BCUT2D eigenvalue weighted by atomic mass is 32.1. The van der Waals surface area contributed by atoms with Crippen molar-refractivity contribution in [3.8, 4) is 0 Å². The molecule has 1 aromatic heterocycles. The van der Waals surface area contributed by atoms with Crippen LogP contribution in [-0.4, -0.2) is 36.6 Å². The van der Waals surface area contributed by atoms with Crippen LogP contribution in [0.1, 0.15) is 12.8 Å². The normalized spacial score (nSPS) is 18.8. The average Bonchev–Trinajstić information content (AvgIpc) is 2.91. The van der Waals surface area contributed by atoms with Crippen molar-refractivity contribution in [2.24, 2.45) is 5.92 Å². The number of hydrogen-bond donors (Lipinski definition) is 1. The molecule has 1 atom stereocenters. The molecule has 2 heterocycles. The fraction of sp³-hybridized carbons (Fsp3) is 0.500. The Kier molecular flexibility index (Phi) is 4.03. The van der Waals surface area contributed by atoms with Gasteiger partial charge in [0.15, 0.2) is 5.13 Å². The van der Waals surface area contributed by atoms with E-state index < -0.39 is 0 Å². The number of rotatable bonds is 4. The van der Waals surface area contributed by atoms with Gasteiger partial charge in [-0.3, -0.25) is 10.1 Å². The first-order valence-electron chi connectivity index (χ1n) is 7.10. The molecule has 1 fully saturated rings. The number of thiazole rings is 1. The molecule has 0 unspecified atom stereocenters. The van der Waals surface area contributed by atoms with Gasteiger partial charge in [0.05, 0.1) is 15.1 Å². The Morgan fingerprint density at radius 3 is 3.14 bits per heavy atom. The summed E-state index contributed by atoms with van der Waals surface area (Å²) in [5.41, 5.74) is 0.802. The molecule has 0 amide bonds. The van der Waals surface area contributed by atoms with E-state index in [0.29, 0.717) is 11.4 Å². The highest BCUT2D eigenvalue weighted by Gasteiger charge is 2.18. The van der Waals surface area contributed by atoms with Crippen molar-refractivity contribution in [2.45, 2.75) is 12.8 Å². The number of benzene rings is 1. The fourth-order valence-electron chi connectivity index (χ4n) is 2.73. The van der Waals surface area contributed by atoms with Crippen molar-refractivity contribution in [3.05, 3.63) is 28.3 Å². The summed E-state index contributed by atoms with van der Waals surface area (Å²) in [5, 5.41) is 15.2. The fourth-order valence-corrected chi connectivity index (χ4v) is 3.64. The number of nitrogens with zero attached hydrogens (tertiary/aromatic N) is 3. The standard InChI is InChI=1S/C14H18N4O2S/c1-17(9-10-3-2-6-15-8-10)14-16-12-7-11(18(19)20)4-5-13(12)21-14/h4-5,7,10,15H,2-3,6,8-9H2,1H3/t10-/m1/s1. The second-order valence-corrected chi connectivity index (χ2v) is 6.51. The second-order valence-electron chi connectivity index (χ2n) is 5.50. The van der Waals surface area contributed by atoms with Gasteiger partial charge in [-0.25, -0.2) is 4.98 Å². The molecule has 0 spiro atoms.